The van der Waals surface area contributed by atoms with E-state index in [2.05, 4.69) is 31.3 Å². The number of esters is 1. The van der Waals surface area contributed by atoms with Gasteiger partial charge in [-0.05, 0) is 57.8 Å². The molecule has 11 nitrogen and oxygen atoms in total. The van der Waals surface area contributed by atoms with E-state index in [0.717, 1.165) is 83.5 Å². The molecule has 7 unspecified atom stereocenters. The number of hydrogen-bond acceptors (Lipinski definition) is 10. The first kappa shape index (κ1) is 69.2. The van der Waals surface area contributed by atoms with Crippen molar-refractivity contribution in [1.29, 1.82) is 0 Å². The minimum atomic E-state index is -1.57. The Balaban J connectivity index is 2.01. The van der Waals surface area contributed by atoms with E-state index in [-0.39, 0.29) is 18.5 Å². The Hall–Kier alpha value is -1.86. The fourth-order valence-corrected chi connectivity index (χ4v) is 9.84. The predicted molar refractivity (Wildman–Crippen MR) is 301 cm³/mol. The minimum Gasteiger partial charge on any atom is -0.466 e. The van der Waals surface area contributed by atoms with E-state index in [0.29, 0.717) is 19.4 Å². The molecule has 0 radical (unpaired) electrons. The van der Waals surface area contributed by atoms with E-state index in [9.17, 15) is 35.1 Å². The lowest BCUT2D eigenvalue weighted by molar-refractivity contribution is -0.302. The summed E-state index contributed by atoms with van der Waals surface area (Å²) in [6.45, 7) is 4.30. The van der Waals surface area contributed by atoms with Gasteiger partial charge in [0.05, 0.1) is 32.0 Å². The highest BCUT2D eigenvalue weighted by molar-refractivity contribution is 5.76. The number of rotatable bonds is 54. The van der Waals surface area contributed by atoms with Crippen LogP contribution in [0.1, 0.15) is 296 Å². The van der Waals surface area contributed by atoms with Gasteiger partial charge in [-0.15, -0.1) is 0 Å². The molecule has 0 aliphatic carbocycles. The molecule has 11 heteroatoms. The highest BCUT2D eigenvalue weighted by atomic mass is 16.7. The van der Waals surface area contributed by atoms with Crippen LogP contribution in [0.25, 0.3) is 0 Å². The molecule has 0 spiro atoms. The summed E-state index contributed by atoms with van der Waals surface area (Å²) in [6.07, 6.45) is 52.9. The van der Waals surface area contributed by atoms with Gasteiger partial charge in [0.15, 0.2) is 6.29 Å². The Morgan fingerprint density at radius 3 is 1.32 bits per heavy atom. The lowest BCUT2D eigenvalue weighted by atomic mass is 9.99. The third kappa shape index (κ3) is 41.9. The number of amides is 1. The van der Waals surface area contributed by atoms with E-state index in [4.69, 9.17) is 14.2 Å². The molecule has 73 heavy (non-hydrogen) atoms. The van der Waals surface area contributed by atoms with Crippen molar-refractivity contribution in [3.63, 3.8) is 0 Å². The van der Waals surface area contributed by atoms with Crippen LogP contribution in [0.3, 0.4) is 0 Å². The monoisotopic (exact) mass is 1040 g/mol. The Morgan fingerprint density at radius 2 is 0.877 bits per heavy atom. The fourth-order valence-electron chi connectivity index (χ4n) is 9.84. The van der Waals surface area contributed by atoms with Crippen LogP contribution in [-0.2, 0) is 23.8 Å². The second-order valence-corrected chi connectivity index (χ2v) is 21.8. The Labute approximate surface area is 448 Å². The van der Waals surface area contributed by atoms with Gasteiger partial charge in [-0.25, -0.2) is 0 Å². The zero-order valence-electron chi connectivity index (χ0n) is 47.4. The van der Waals surface area contributed by atoms with Crippen LogP contribution in [0.4, 0.5) is 0 Å². The first-order valence-electron chi connectivity index (χ1n) is 31.1. The first-order chi connectivity index (χ1) is 35.7. The maximum Gasteiger partial charge on any atom is 0.305 e. The van der Waals surface area contributed by atoms with Crippen molar-refractivity contribution in [2.24, 2.45) is 0 Å². The van der Waals surface area contributed by atoms with Crippen molar-refractivity contribution < 1.29 is 49.3 Å². The van der Waals surface area contributed by atoms with Crippen LogP contribution in [-0.4, -0.2) is 100 Å². The van der Waals surface area contributed by atoms with Crippen LogP contribution >= 0.6 is 0 Å². The zero-order chi connectivity index (χ0) is 53.1. The van der Waals surface area contributed by atoms with Gasteiger partial charge in [-0.2, -0.15) is 0 Å². The summed E-state index contributed by atoms with van der Waals surface area (Å²) in [7, 11) is 0. The Kier molecular flexibility index (Phi) is 49.5. The predicted octanol–water partition coefficient (Wildman–Crippen LogP) is 14.5. The summed E-state index contributed by atoms with van der Waals surface area (Å²) in [5.74, 6) is -0.209. The van der Waals surface area contributed by atoms with E-state index < -0.39 is 49.5 Å². The summed E-state index contributed by atoms with van der Waals surface area (Å²) in [4.78, 5) is 25.1. The van der Waals surface area contributed by atoms with Gasteiger partial charge in [0.25, 0.3) is 0 Å². The molecule has 0 aromatic carbocycles. The van der Waals surface area contributed by atoms with Gasteiger partial charge in [-0.3, -0.25) is 9.59 Å². The third-order valence-corrected chi connectivity index (χ3v) is 14.8. The van der Waals surface area contributed by atoms with Gasteiger partial charge in [0.1, 0.15) is 24.4 Å². The molecule has 1 aliphatic heterocycles. The van der Waals surface area contributed by atoms with Crippen molar-refractivity contribution in [3.8, 4) is 0 Å². The lowest BCUT2D eigenvalue weighted by Gasteiger charge is -2.40. The molecule has 0 aromatic rings. The van der Waals surface area contributed by atoms with Gasteiger partial charge >= 0.3 is 5.97 Å². The Bertz CT molecular complexity index is 1260. The van der Waals surface area contributed by atoms with E-state index in [1.54, 1.807) is 6.08 Å². The average molecular weight is 1040 g/mol. The number of allylic oxidation sites excluding steroid dienone is 3. The smallest absolute Gasteiger partial charge is 0.305 e. The number of ether oxygens (including phenoxy) is 3. The van der Waals surface area contributed by atoms with Crippen LogP contribution < -0.4 is 5.32 Å². The van der Waals surface area contributed by atoms with Gasteiger partial charge in [0.2, 0.25) is 5.91 Å². The second kappa shape index (κ2) is 52.2. The van der Waals surface area contributed by atoms with Gasteiger partial charge in [0, 0.05) is 12.8 Å². The molecule has 6 N–H and O–H groups in total. The Morgan fingerprint density at radius 1 is 0.493 bits per heavy atom. The number of unbranched alkanes of at least 4 members (excludes halogenated alkanes) is 38. The van der Waals surface area contributed by atoms with E-state index >= 15 is 0 Å². The fraction of sp³-hybridized carbons (Fsp3) is 0.903. The highest BCUT2D eigenvalue weighted by Crippen LogP contribution is 2.23. The molecular weight excluding hydrogens is 919 g/mol. The molecule has 0 saturated carbocycles. The second-order valence-electron chi connectivity index (χ2n) is 21.8. The number of carbonyl (C=O) groups is 2. The largest absolute Gasteiger partial charge is 0.466 e. The number of carbonyl (C=O) groups excluding carboxylic acids is 2. The molecule has 1 amide bonds. The van der Waals surface area contributed by atoms with Crippen LogP contribution in [0, 0.1) is 0 Å². The highest BCUT2D eigenvalue weighted by Gasteiger charge is 2.44. The molecule has 7 atom stereocenters. The summed E-state index contributed by atoms with van der Waals surface area (Å²) in [6, 6.07) is -0.817. The molecule has 1 heterocycles. The lowest BCUT2D eigenvalue weighted by Crippen LogP contribution is -2.60. The maximum atomic E-state index is 13.0. The summed E-state index contributed by atoms with van der Waals surface area (Å²) in [5, 5.41) is 54.2. The topological polar surface area (TPSA) is 175 Å². The van der Waals surface area contributed by atoms with E-state index in [1.807, 2.05) is 6.08 Å². The first-order valence-corrected chi connectivity index (χ1v) is 31.1. The summed E-state index contributed by atoms with van der Waals surface area (Å²) >= 11 is 0. The molecule has 1 aliphatic rings. The van der Waals surface area contributed by atoms with Crippen LogP contribution in [0.2, 0.25) is 0 Å². The number of aliphatic hydroxyl groups excluding tert-OH is 5. The molecule has 1 saturated heterocycles. The quantitative estimate of drug-likeness (QED) is 0.0195. The molecule has 0 bridgehead atoms. The molecule has 1 fully saturated rings. The molecular formula is C62H117NO10. The third-order valence-electron chi connectivity index (χ3n) is 14.8. The van der Waals surface area contributed by atoms with Crippen molar-refractivity contribution >= 4 is 11.9 Å². The molecule has 1 rings (SSSR count). The minimum absolute atomic E-state index is 0.0138. The molecule has 0 aromatic heterocycles. The van der Waals surface area contributed by atoms with E-state index in [1.165, 1.54) is 186 Å². The SMILES string of the molecule is CCCCCCCCC/C=C/C(O)C(COC1OC(CO)C(O)C(O)C1O)NC(=O)CCCCCCCCC/C=C\CCCCCCCCOC(=O)CCCCCCCCCCCCCCCCCCCCC. The van der Waals surface area contributed by atoms with Crippen molar-refractivity contribution in [3.05, 3.63) is 24.3 Å². The maximum absolute atomic E-state index is 13.0. The average Bonchev–Trinajstić information content (AvgIpc) is 3.39. The van der Waals surface area contributed by atoms with Gasteiger partial charge < -0.3 is 45.1 Å². The van der Waals surface area contributed by atoms with Crippen LogP contribution in [0.5, 0.6) is 0 Å². The van der Waals surface area contributed by atoms with Gasteiger partial charge in [-0.1, -0.05) is 250 Å². The van der Waals surface area contributed by atoms with Crippen LogP contribution in [0.15, 0.2) is 24.3 Å². The summed E-state index contributed by atoms with van der Waals surface area (Å²) < 4.78 is 16.7. The standard InChI is InChI=1S/C62H117NO10/c1-3-5-7-9-11-13-14-15-16-17-18-21-24-27-30-34-38-42-46-50-58(67)71-51-47-43-39-35-31-28-25-22-19-20-23-26-29-33-37-41-45-49-57(66)63-54(55(65)48-44-40-36-32-12-10-8-6-4-2)53-72-62-61(70)60(69)59(68)56(52-64)73-62/h19,22,44,48,54-56,59-62,64-65,68-70H,3-18,20-21,23-43,45-47,49-53H2,1-2H3,(H,63,66)/b22-19-,48-44+. The normalized spacial score (nSPS) is 19.0. The number of aliphatic hydroxyl groups is 5. The van der Waals surface area contributed by atoms with Crippen molar-refractivity contribution in [1.82, 2.24) is 5.32 Å². The number of hydrogen-bond donors (Lipinski definition) is 6. The zero-order valence-corrected chi connectivity index (χ0v) is 47.4. The number of nitrogens with one attached hydrogen (secondary N) is 1. The van der Waals surface area contributed by atoms with Crippen molar-refractivity contribution in [2.45, 2.75) is 339 Å². The molecule has 430 valence electrons. The summed E-state index contributed by atoms with van der Waals surface area (Å²) in [5.41, 5.74) is 0. The van der Waals surface area contributed by atoms with Crippen molar-refractivity contribution in [2.75, 3.05) is 19.8 Å².